The molecule has 0 aliphatic carbocycles. The monoisotopic (exact) mass is 207 g/mol. The maximum Gasteiger partial charge on any atom is 0.181 e. The van der Waals surface area contributed by atoms with Crippen LogP contribution in [0.5, 0.6) is 0 Å². The molecule has 0 aromatic carbocycles. The van der Waals surface area contributed by atoms with Crippen LogP contribution in [-0.4, -0.2) is 10.9 Å². The van der Waals surface area contributed by atoms with E-state index in [1.165, 1.54) is 11.8 Å². The van der Waals surface area contributed by atoms with Crippen molar-refractivity contribution in [2.75, 3.05) is 0 Å². The molecule has 2 rings (SSSR count). The largest absolute Gasteiger partial charge is 0.355 e. The van der Waals surface area contributed by atoms with Gasteiger partial charge in [-0.15, -0.1) is 11.3 Å². The third kappa shape index (κ3) is 1.61. The molecule has 0 saturated carbocycles. The minimum Gasteiger partial charge on any atom is -0.355 e. The van der Waals surface area contributed by atoms with Gasteiger partial charge in [-0.25, -0.2) is 0 Å². The van der Waals surface area contributed by atoms with Crippen molar-refractivity contribution in [2.24, 2.45) is 0 Å². The summed E-state index contributed by atoms with van der Waals surface area (Å²) in [6, 6.07) is 5.65. The fourth-order valence-corrected chi connectivity index (χ4v) is 1.94. The SMILES string of the molecule is CC(=O)c1cc(-c2ccc(C)s2)on1. The van der Waals surface area contributed by atoms with Crippen molar-refractivity contribution in [1.29, 1.82) is 0 Å². The summed E-state index contributed by atoms with van der Waals surface area (Å²) in [5.41, 5.74) is 0.381. The minimum absolute atomic E-state index is 0.0757. The van der Waals surface area contributed by atoms with Gasteiger partial charge in [-0.3, -0.25) is 4.79 Å². The molecule has 14 heavy (non-hydrogen) atoms. The van der Waals surface area contributed by atoms with Gasteiger partial charge in [0.25, 0.3) is 0 Å². The zero-order chi connectivity index (χ0) is 10.1. The average Bonchev–Trinajstić information content (AvgIpc) is 2.70. The highest BCUT2D eigenvalue weighted by molar-refractivity contribution is 7.15. The first-order valence-electron chi connectivity index (χ1n) is 4.21. The second-order valence-corrected chi connectivity index (χ2v) is 4.33. The summed E-state index contributed by atoms with van der Waals surface area (Å²) < 4.78 is 5.06. The summed E-state index contributed by atoms with van der Waals surface area (Å²) in [6.45, 7) is 3.50. The Morgan fingerprint density at radius 1 is 1.50 bits per heavy atom. The summed E-state index contributed by atoms with van der Waals surface area (Å²) >= 11 is 1.62. The van der Waals surface area contributed by atoms with Gasteiger partial charge in [0, 0.05) is 17.9 Å². The van der Waals surface area contributed by atoms with Crippen LogP contribution in [0.3, 0.4) is 0 Å². The number of carbonyl (C=O) groups is 1. The number of aromatic nitrogens is 1. The number of hydrogen-bond donors (Lipinski definition) is 0. The van der Waals surface area contributed by atoms with Crippen LogP contribution >= 0.6 is 11.3 Å². The third-order valence-electron chi connectivity index (χ3n) is 1.85. The summed E-state index contributed by atoms with van der Waals surface area (Å²) in [5.74, 6) is 0.585. The lowest BCUT2D eigenvalue weighted by atomic mass is 10.3. The van der Waals surface area contributed by atoms with Crippen molar-refractivity contribution in [2.45, 2.75) is 13.8 Å². The second-order valence-electron chi connectivity index (χ2n) is 3.04. The molecule has 72 valence electrons. The molecular weight excluding hydrogens is 198 g/mol. The molecular formula is C10H9NO2S. The van der Waals surface area contributed by atoms with Gasteiger partial charge in [0.1, 0.15) is 5.69 Å². The van der Waals surface area contributed by atoms with Gasteiger partial charge in [0.05, 0.1) is 4.88 Å². The lowest BCUT2D eigenvalue weighted by Crippen LogP contribution is -1.89. The van der Waals surface area contributed by atoms with E-state index in [9.17, 15) is 4.79 Å². The molecule has 2 heterocycles. The Morgan fingerprint density at radius 3 is 2.79 bits per heavy atom. The van der Waals surface area contributed by atoms with Gasteiger partial charge in [-0.2, -0.15) is 0 Å². The Bertz CT molecular complexity index is 470. The second kappa shape index (κ2) is 3.38. The number of carbonyl (C=O) groups excluding carboxylic acids is 1. The molecule has 2 aromatic heterocycles. The number of aryl methyl sites for hydroxylation is 1. The summed E-state index contributed by atoms with van der Waals surface area (Å²) in [6.07, 6.45) is 0. The van der Waals surface area contributed by atoms with E-state index in [-0.39, 0.29) is 5.78 Å². The Balaban J connectivity index is 2.38. The molecule has 0 bridgehead atoms. The zero-order valence-corrected chi connectivity index (χ0v) is 8.72. The molecule has 3 nitrogen and oxygen atoms in total. The molecule has 0 unspecified atom stereocenters. The molecule has 0 N–H and O–H groups in total. The van der Waals surface area contributed by atoms with Crippen LogP contribution in [0.1, 0.15) is 22.3 Å². The minimum atomic E-state index is -0.0757. The zero-order valence-electron chi connectivity index (χ0n) is 7.90. The van der Waals surface area contributed by atoms with E-state index in [1.807, 2.05) is 19.1 Å². The number of thiophene rings is 1. The van der Waals surface area contributed by atoms with Gasteiger partial charge in [0.2, 0.25) is 0 Å². The van der Waals surface area contributed by atoms with Crippen LogP contribution in [0.2, 0.25) is 0 Å². The first-order valence-corrected chi connectivity index (χ1v) is 5.03. The van der Waals surface area contributed by atoms with Crippen LogP contribution in [0, 0.1) is 6.92 Å². The molecule has 0 aliphatic heterocycles. The first kappa shape index (κ1) is 9.15. The quantitative estimate of drug-likeness (QED) is 0.711. The van der Waals surface area contributed by atoms with E-state index in [1.54, 1.807) is 17.4 Å². The molecule has 0 radical (unpaired) electrons. The van der Waals surface area contributed by atoms with Crippen LogP contribution in [-0.2, 0) is 0 Å². The highest BCUT2D eigenvalue weighted by atomic mass is 32.1. The molecule has 0 amide bonds. The van der Waals surface area contributed by atoms with Crippen molar-refractivity contribution in [3.63, 3.8) is 0 Å². The van der Waals surface area contributed by atoms with Crippen LogP contribution < -0.4 is 0 Å². The maximum atomic E-state index is 11.0. The van der Waals surface area contributed by atoms with Gasteiger partial charge < -0.3 is 4.52 Å². The molecule has 0 fully saturated rings. The van der Waals surface area contributed by atoms with Gasteiger partial charge >= 0.3 is 0 Å². The van der Waals surface area contributed by atoms with Crippen LogP contribution in [0.25, 0.3) is 10.6 Å². The van der Waals surface area contributed by atoms with Crippen molar-refractivity contribution < 1.29 is 9.32 Å². The fraction of sp³-hybridized carbons (Fsp3) is 0.200. The summed E-state index contributed by atoms with van der Waals surface area (Å²) in [7, 11) is 0. The topological polar surface area (TPSA) is 43.1 Å². The van der Waals surface area contributed by atoms with Crippen molar-refractivity contribution >= 4 is 17.1 Å². The normalized spacial score (nSPS) is 10.4. The smallest absolute Gasteiger partial charge is 0.181 e. The number of nitrogens with zero attached hydrogens (tertiary/aromatic N) is 1. The number of ketones is 1. The Kier molecular flexibility index (Phi) is 2.21. The molecule has 2 aromatic rings. The summed E-state index contributed by atoms with van der Waals surface area (Å²) in [4.78, 5) is 13.2. The van der Waals surface area contributed by atoms with E-state index in [0.717, 1.165) is 4.88 Å². The van der Waals surface area contributed by atoms with Crippen molar-refractivity contribution in [3.05, 3.63) is 28.8 Å². The van der Waals surface area contributed by atoms with E-state index >= 15 is 0 Å². The molecule has 0 aliphatic rings. The fourth-order valence-electron chi connectivity index (χ4n) is 1.12. The molecule has 0 saturated heterocycles. The highest BCUT2D eigenvalue weighted by Gasteiger charge is 2.10. The van der Waals surface area contributed by atoms with Crippen molar-refractivity contribution in [3.8, 4) is 10.6 Å². The van der Waals surface area contributed by atoms with E-state index in [0.29, 0.717) is 11.5 Å². The van der Waals surface area contributed by atoms with Crippen LogP contribution in [0.4, 0.5) is 0 Å². The predicted molar refractivity (Wildman–Crippen MR) is 54.6 cm³/mol. The van der Waals surface area contributed by atoms with E-state index < -0.39 is 0 Å². The van der Waals surface area contributed by atoms with Gasteiger partial charge in [-0.1, -0.05) is 5.16 Å². The Labute approximate surface area is 85.4 Å². The van der Waals surface area contributed by atoms with E-state index in [4.69, 9.17) is 4.52 Å². The van der Waals surface area contributed by atoms with Crippen molar-refractivity contribution in [1.82, 2.24) is 5.16 Å². The molecule has 0 spiro atoms. The number of Topliss-reactive ketones (excluding diaryl/α,β-unsaturated/α-hetero) is 1. The maximum absolute atomic E-state index is 11.0. The van der Waals surface area contributed by atoms with Crippen LogP contribution in [0.15, 0.2) is 22.7 Å². The Morgan fingerprint density at radius 2 is 2.29 bits per heavy atom. The van der Waals surface area contributed by atoms with Gasteiger partial charge in [0.15, 0.2) is 11.5 Å². The average molecular weight is 207 g/mol. The highest BCUT2D eigenvalue weighted by Crippen LogP contribution is 2.27. The lowest BCUT2D eigenvalue weighted by molar-refractivity contribution is 0.100. The van der Waals surface area contributed by atoms with E-state index in [2.05, 4.69) is 5.16 Å². The molecule has 0 atom stereocenters. The third-order valence-corrected chi connectivity index (χ3v) is 2.87. The predicted octanol–water partition coefficient (Wildman–Crippen LogP) is 2.91. The number of rotatable bonds is 2. The summed E-state index contributed by atoms with van der Waals surface area (Å²) in [5, 5.41) is 3.68. The molecule has 4 heteroatoms. The van der Waals surface area contributed by atoms with Gasteiger partial charge in [-0.05, 0) is 19.1 Å². The number of hydrogen-bond acceptors (Lipinski definition) is 4. The lowest BCUT2D eigenvalue weighted by Gasteiger charge is -1.84. The Hall–Kier alpha value is -1.42. The standard InChI is InChI=1S/C10H9NO2S/c1-6-3-4-10(14-6)9-5-8(7(2)12)11-13-9/h3-5H,1-2H3. The first-order chi connectivity index (χ1) is 6.66.